The molecule has 0 saturated carbocycles. The van der Waals surface area contributed by atoms with Gasteiger partial charge in [0.2, 0.25) is 5.95 Å². The van der Waals surface area contributed by atoms with Gasteiger partial charge in [-0.05, 0) is 31.1 Å². The zero-order valence-electron chi connectivity index (χ0n) is 20.1. The highest BCUT2D eigenvalue weighted by atomic mass is 16.4. The lowest BCUT2D eigenvalue weighted by Crippen LogP contribution is -2.06. The average molecular weight is 444 g/mol. The summed E-state index contributed by atoms with van der Waals surface area (Å²) >= 11 is 0. The number of carboxylic acid groups (broad SMARTS) is 1. The molecule has 1 aromatic rings. The van der Waals surface area contributed by atoms with Crippen molar-refractivity contribution < 1.29 is 9.90 Å². The molecule has 5 heteroatoms. The monoisotopic (exact) mass is 443 g/mol. The Morgan fingerprint density at radius 2 is 1.09 bits per heavy atom. The molecule has 0 aliphatic carbocycles. The van der Waals surface area contributed by atoms with Crippen molar-refractivity contribution in [1.29, 1.82) is 0 Å². The van der Waals surface area contributed by atoms with Crippen LogP contribution in [0, 0.1) is 0 Å². The van der Waals surface area contributed by atoms with Crippen molar-refractivity contribution in [3.63, 3.8) is 0 Å². The number of carbonyl (C=O) groups is 1. The molecule has 5 nitrogen and oxygen atoms in total. The highest BCUT2D eigenvalue weighted by Crippen LogP contribution is 2.14. The summed E-state index contributed by atoms with van der Waals surface area (Å²) in [5.74, 6) is -0.00443. The fourth-order valence-electron chi connectivity index (χ4n) is 3.85. The second-order valence-corrected chi connectivity index (χ2v) is 8.68. The third-order valence-electron chi connectivity index (χ3n) is 5.78. The number of hydrogen-bond acceptors (Lipinski definition) is 4. The van der Waals surface area contributed by atoms with Crippen molar-refractivity contribution in [3.05, 3.63) is 30.6 Å². The topological polar surface area (TPSA) is 75.1 Å². The molecule has 0 fully saturated rings. The third kappa shape index (κ3) is 15.6. The minimum absolute atomic E-state index is 0.329. The van der Waals surface area contributed by atoms with Gasteiger partial charge >= 0.3 is 5.97 Å². The van der Waals surface area contributed by atoms with Crippen molar-refractivity contribution in [3.8, 4) is 0 Å². The Kier molecular flexibility index (Phi) is 17.0. The molecule has 0 radical (unpaired) electrons. The Hall–Kier alpha value is -2.17. The van der Waals surface area contributed by atoms with Gasteiger partial charge in [-0.2, -0.15) is 0 Å². The highest BCUT2D eigenvalue weighted by Gasteiger charge is 2.01. The van der Waals surface area contributed by atoms with E-state index >= 15 is 0 Å². The third-order valence-corrected chi connectivity index (χ3v) is 5.78. The molecule has 0 saturated heterocycles. The SMILES string of the molecule is C=Cc1cc(C=C)nc(NCCCCCCCCCCCCCCCCCCC(=O)O)n1. The van der Waals surface area contributed by atoms with Crippen molar-refractivity contribution >= 4 is 24.1 Å². The van der Waals surface area contributed by atoms with Crippen LogP contribution in [0.2, 0.25) is 0 Å². The van der Waals surface area contributed by atoms with E-state index in [0.29, 0.717) is 12.4 Å². The summed E-state index contributed by atoms with van der Waals surface area (Å²) in [4.78, 5) is 19.3. The Bertz CT molecular complexity index is 620. The van der Waals surface area contributed by atoms with E-state index in [-0.39, 0.29) is 0 Å². The first-order chi connectivity index (χ1) is 15.7. The number of rotatable bonds is 22. The fourth-order valence-corrected chi connectivity index (χ4v) is 3.85. The summed E-state index contributed by atoms with van der Waals surface area (Å²) in [6.07, 6.45) is 24.0. The molecule has 2 N–H and O–H groups in total. The number of unbranched alkanes of at least 4 members (excludes halogenated alkanes) is 15. The number of aliphatic carboxylic acids is 1. The Labute approximate surface area is 195 Å². The molecule has 0 unspecified atom stereocenters. The first-order valence-corrected chi connectivity index (χ1v) is 12.8. The summed E-state index contributed by atoms with van der Waals surface area (Å²) in [7, 11) is 0. The lowest BCUT2D eigenvalue weighted by atomic mass is 10.0. The van der Waals surface area contributed by atoms with Gasteiger partial charge in [0.25, 0.3) is 0 Å². The number of nitrogens with one attached hydrogen (secondary N) is 1. The fraction of sp³-hybridized carbons (Fsp3) is 0.667. The van der Waals surface area contributed by atoms with Crippen LogP contribution in [-0.2, 0) is 4.79 Å². The molecule has 0 atom stereocenters. The molecule has 0 bridgehead atoms. The maximum absolute atomic E-state index is 10.4. The van der Waals surface area contributed by atoms with Crippen LogP contribution in [0.1, 0.15) is 121 Å². The number of carboxylic acids is 1. The van der Waals surface area contributed by atoms with Crippen molar-refractivity contribution in [2.24, 2.45) is 0 Å². The lowest BCUT2D eigenvalue weighted by molar-refractivity contribution is -0.137. The van der Waals surface area contributed by atoms with Crippen LogP contribution in [0.15, 0.2) is 19.2 Å². The molecule has 1 heterocycles. The van der Waals surface area contributed by atoms with Crippen LogP contribution in [-0.4, -0.2) is 27.6 Å². The number of hydrogen-bond donors (Lipinski definition) is 2. The summed E-state index contributed by atoms with van der Waals surface area (Å²) in [5, 5.41) is 11.9. The summed E-state index contributed by atoms with van der Waals surface area (Å²) < 4.78 is 0. The largest absolute Gasteiger partial charge is 0.481 e. The summed E-state index contributed by atoms with van der Waals surface area (Å²) in [6.45, 7) is 8.44. The van der Waals surface area contributed by atoms with Crippen LogP contribution in [0.4, 0.5) is 5.95 Å². The number of anilines is 1. The first kappa shape index (κ1) is 27.9. The van der Waals surface area contributed by atoms with Crippen LogP contribution in [0.25, 0.3) is 12.2 Å². The minimum atomic E-state index is -0.665. The maximum atomic E-state index is 10.4. The van der Waals surface area contributed by atoms with Gasteiger partial charge < -0.3 is 10.4 Å². The second-order valence-electron chi connectivity index (χ2n) is 8.68. The number of aromatic nitrogens is 2. The molecule has 1 rings (SSSR count). The Morgan fingerprint density at radius 3 is 1.47 bits per heavy atom. The van der Waals surface area contributed by atoms with E-state index < -0.39 is 5.97 Å². The van der Waals surface area contributed by atoms with E-state index in [1.807, 2.05) is 6.07 Å². The van der Waals surface area contributed by atoms with Crippen LogP contribution in [0.3, 0.4) is 0 Å². The highest BCUT2D eigenvalue weighted by molar-refractivity contribution is 5.66. The van der Waals surface area contributed by atoms with Gasteiger partial charge in [0.1, 0.15) is 0 Å². The van der Waals surface area contributed by atoms with E-state index in [1.165, 1.54) is 83.5 Å². The minimum Gasteiger partial charge on any atom is -0.481 e. The van der Waals surface area contributed by atoms with E-state index in [2.05, 4.69) is 28.4 Å². The zero-order valence-corrected chi connectivity index (χ0v) is 20.1. The maximum Gasteiger partial charge on any atom is 0.303 e. The molecule has 0 aliphatic heterocycles. The molecular weight excluding hydrogens is 398 g/mol. The van der Waals surface area contributed by atoms with Gasteiger partial charge in [-0.15, -0.1) is 0 Å². The Balaban J connectivity index is 1.82. The van der Waals surface area contributed by atoms with Gasteiger partial charge in [0.05, 0.1) is 11.4 Å². The van der Waals surface area contributed by atoms with E-state index in [9.17, 15) is 4.79 Å². The standard InChI is InChI=1S/C27H45N3O2/c1-3-24-23-25(4-2)30-27(29-24)28-22-20-18-16-14-12-10-8-6-5-7-9-11-13-15-17-19-21-26(31)32/h3-4,23H,1-2,5-22H2,(H,31,32)(H,28,29,30). The van der Waals surface area contributed by atoms with Crippen LogP contribution in [0.5, 0.6) is 0 Å². The lowest BCUT2D eigenvalue weighted by Gasteiger charge is -2.07. The predicted octanol–water partition coefficient (Wildman–Crippen LogP) is 7.89. The first-order valence-electron chi connectivity index (χ1n) is 12.8. The van der Waals surface area contributed by atoms with Gasteiger partial charge in [-0.3, -0.25) is 4.79 Å². The molecule has 0 spiro atoms. The van der Waals surface area contributed by atoms with Gasteiger partial charge in [0.15, 0.2) is 0 Å². The smallest absolute Gasteiger partial charge is 0.303 e. The molecule has 0 aliphatic rings. The molecule has 32 heavy (non-hydrogen) atoms. The van der Waals surface area contributed by atoms with Gasteiger partial charge in [-0.1, -0.05) is 103 Å². The van der Waals surface area contributed by atoms with Crippen LogP contribution < -0.4 is 5.32 Å². The second kappa shape index (κ2) is 19.5. The molecule has 180 valence electrons. The summed E-state index contributed by atoms with van der Waals surface area (Å²) in [6, 6.07) is 1.88. The molecular formula is C27H45N3O2. The van der Waals surface area contributed by atoms with Gasteiger partial charge in [-0.25, -0.2) is 9.97 Å². The van der Waals surface area contributed by atoms with Gasteiger partial charge in [0, 0.05) is 13.0 Å². The normalized spacial score (nSPS) is 10.8. The van der Waals surface area contributed by atoms with E-state index in [1.54, 1.807) is 12.2 Å². The average Bonchev–Trinajstić information content (AvgIpc) is 2.80. The summed E-state index contributed by atoms with van der Waals surface area (Å²) in [5.41, 5.74) is 1.64. The van der Waals surface area contributed by atoms with E-state index in [4.69, 9.17) is 5.11 Å². The molecule has 1 aromatic heterocycles. The predicted molar refractivity (Wildman–Crippen MR) is 137 cm³/mol. The van der Waals surface area contributed by atoms with Crippen LogP contribution >= 0.6 is 0 Å². The molecule has 0 aromatic carbocycles. The van der Waals surface area contributed by atoms with Crippen molar-refractivity contribution in [2.45, 2.75) is 109 Å². The Morgan fingerprint density at radius 1 is 0.719 bits per heavy atom. The van der Waals surface area contributed by atoms with E-state index in [0.717, 1.165) is 37.2 Å². The van der Waals surface area contributed by atoms with Crippen molar-refractivity contribution in [2.75, 3.05) is 11.9 Å². The quantitative estimate of drug-likeness (QED) is 0.178. The van der Waals surface area contributed by atoms with Crippen molar-refractivity contribution in [1.82, 2.24) is 9.97 Å². The zero-order chi connectivity index (χ0) is 23.3. The molecule has 0 amide bonds. The number of nitrogens with zero attached hydrogens (tertiary/aromatic N) is 2.